The van der Waals surface area contributed by atoms with Crippen molar-refractivity contribution in [2.45, 2.75) is 0 Å². The van der Waals surface area contributed by atoms with Crippen LogP contribution >= 0.6 is 0 Å². The number of aromatic nitrogens is 1. The van der Waals surface area contributed by atoms with Gasteiger partial charge in [-0.3, -0.25) is 4.98 Å². The zero-order chi connectivity index (χ0) is 10.8. The minimum atomic E-state index is -0.481. The van der Waals surface area contributed by atoms with Gasteiger partial charge in [0.15, 0.2) is 5.58 Å². The van der Waals surface area contributed by atoms with Crippen molar-refractivity contribution in [1.82, 2.24) is 4.98 Å². The van der Waals surface area contributed by atoms with Crippen molar-refractivity contribution in [2.75, 3.05) is 17.6 Å². The highest BCUT2D eigenvalue weighted by molar-refractivity contribution is 5.85. The average Bonchev–Trinajstić information content (AvgIpc) is 2.53. The molecule has 0 saturated carbocycles. The molecule has 0 aliphatic heterocycles. The second-order valence-corrected chi connectivity index (χ2v) is 3.12. The Morgan fingerprint density at radius 3 is 3.13 bits per heavy atom. The number of hydrogen-bond acceptors (Lipinski definition) is 4. The molecule has 0 amide bonds. The van der Waals surface area contributed by atoms with Crippen LogP contribution in [0.4, 0.5) is 11.4 Å². The molecule has 1 aromatic heterocycles. The maximum Gasteiger partial charge on any atom is 0.417 e. The van der Waals surface area contributed by atoms with Crippen LogP contribution in [0.1, 0.15) is 0 Å². The summed E-state index contributed by atoms with van der Waals surface area (Å²) in [6.45, 7) is 4.20. The Hall–Kier alpha value is -2.17. The minimum absolute atomic E-state index is 0.460. The van der Waals surface area contributed by atoms with Crippen molar-refractivity contribution in [3.8, 4) is 0 Å². The van der Waals surface area contributed by atoms with Crippen LogP contribution in [0.5, 0.6) is 0 Å². The Morgan fingerprint density at radius 2 is 2.40 bits per heavy atom. The third-order valence-corrected chi connectivity index (χ3v) is 2.03. The van der Waals surface area contributed by atoms with E-state index in [1.54, 1.807) is 18.2 Å². The quantitative estimate of drug-likeness (QED) is 0.521. The van der Waals surface area contributed by atoms with E-state index in [2.05, 4.69) is 16.9 Å². The number of nitrogens with two attached hydrogens (primary N) is 1. The average molecular weight is 205 g/mol. The highest BCUT2D eigenvalue weighted by Crippen LogP contribution is 2.23. The maximum absolute atomic E-state index is 10.9. The molecule has 0 saturated heterocycles. The molecule has 0 spiro atoms. The summed E-state index contributed by atoms with van der Waals surface area (Å²) in [6.07, 6.45) is 1.72. The number of anilines is 2. The number of fused-ring (bicyclic) bond motifs is 1. The van der Waals surface area contributed by atoms with Crippen LogP contribution < -0.4 is 16.8 Å². The van der Waals surface area contributed by atoms with Gasteiger partial charge in [-0.25, -0.2) is 4.79 Å². The molecular formula is C10H11N3O2. The van der Waals surface area contributed by atoms with E-state index >= 15 is 0 Å². The number of nitrogens with one attached hydrogen (secondary N) is 2. The molecule has 0 atom stereocenters. The van der Waals surface area contributed by atoms with E-state index in [-0.39, 0.29) is 0 Å². The predicted molar refractivity (Wildman–Crippen MR) is 59.9 cm³/mol. The number of oxazole rings is 1. The van der Waals surface area contributed by atoms with Gasteiger partial charge >= 0.3 is 5.76 Å². The molecule has 0 fully saturated rings. The fourth-order valence-electron chi connectivity index (χ4n) is 1.35. The molecule has 5 heteroatoms. The van der Waals surface area contributed by atoms with Crippen molar-refractivity contribution in [3.05, 3.63) is 35.3 Å². The van der Waals surface area contributed by atoms with Crippen molar-refractivity contribution in [2.24, 2.45) is 0 Å². The zero-order valence-corrected chi connectivity index (χ0v) is 8.04. The Balaban J connectivity index is 2.50. The standard InChI is InChI=1S/C10H11N3O2/c1-2-3-12-7-5-8-9(4-6(7)11)15-10(14)13-8/h2,4-5,12H,1,3,11H2,(H,13,14). The zero-order valence-electron chi connectivity index (χ0n) is 8.04. The molecule has 1 heterocycles. The molecule has 5 nitrogen and oxygen atoms in total. The van der Waals surface area contributed by atoms with E-state index in [9.17, 15) is 4.79 Å². The topological polar surface area (TPSA) is 84.0 Å². The minimum Gasteiger partial charge on any atom is -0.408 e. The lowest BCUT2D eigenvalue weighted by molar-refractivity contribution is 0.555. The van der Waals surface area contributed by atoms with Gasteiger partial charge < -0.3 is 15.5 Å². The number of hydrogen-bond donors (Lipinski definition) is 3. The summed E-state index contributed by atoms with van der Waals surface area (Å²) in [7, 11) is 0. The van der Waals surface area contributed by atoms with E-state index in [1.807, 2.05) is 0 Å². The second-order valence-electron chi connectivity index (χ2n) is 3.12. The monoisotopic (exact) mass is 205 g/mol. The van der Waals surface area contributed by atoms with Crippen molar-refractivity contribution in [3.63, 3.8) is 0 Å². The summed E-state index contributed by atoms with van der Waals surface area (Å²) < 4.78 is 4.87. The van der Waals surface area contributed by atoms with Crippen molar-refractivity contribution >= 4 is 22.5 Å². The summed E-state index contributed by atoms with van der Waals surface area (Å²) in [4.78, 5) is 13.5. The van der Waals surface area contributed by atoms with Gasteiger partial charge in [-0.2, -0.15) is 0 Å². The van der Waals surface area contributed by atoms with E-state index in [1.165, 1.54) is 0 Å². The van der Waals surface area contributed by atoms with Gasteiger partial charge in [0.1, 0.15) is 0 Å². The Bertz CT molecular complexity index is 553. The molecule has 2 aromatic rings. The first-order valence-corrected chi connectivity index (χ1v) is 4.48. The van der Waals surface area contributed by atoms with Crippen LogP contribution in [0.25, 0.3) is 11.1 Å². The predicted octanol–water partition coefficient (Wildman–Crippen LogP) is 1.30. The molecule has 0 aliphatic carbocycles. The fraction of sp³-hybridized carbons (Fsp3) is 0.100. The molecule has 0 bridgehead atoms. The first kappa shape index (κ1) is 9.39. The van der Waals surface area contributed by atoms with Crippen molar-refractivity contribution in [1.29, 1.82) is 0 Å². The highest BCUT2D eigenvalue weighted by atomic mass is 16.4. The second kappa shape index (κ2) is 3.53. The van der Waals surface area contributed by atoms with Crippen LogP contribution in [0, 0.1) is 0 Å². The number of benzene rings is 1. The molecule has 0 radical (unpaired) electrons. The third-order valence-electron chi connectivity index (χ3n) is 2.03. The molecule has 1 aromatic carbocycles. The first-order valence-electron chi connectivity index (χ1n) is 4.48. The van der Waals surface area contributed by atoms with Gasteiger partial charge in [0.25, 0.3) is 0 Å². The fourth-order valence-corrected chi connectivity index (χ4v) is 1.35. The molecule has 0 unspecified atom stereocenters. The highest BCUT2D eigenvalue weighted by Gasteiger charge is 2.05. The van der Waals surface area contributed by atoms with E-state index in [0.717, 1.165) is 5.69 Å². The van der Waals surface area contributed by atoms with Gasteiger partial charge in [0.2, 0.25) is 0 Å². The lowest BCUT2D eigenvalue weighted by Crippen LogP contribution is -2.01. The third kappa shape index (κ3) is 1.71. The molecule has 15 heavy (non-hydrogen) atoms. The molecule has 78 valence electrons. The van der Waals surface area contributed by atoms with Crippen LogP contribution in [0.3, 0.4) is 0 Å². The Kier molecular flexibility index (Phi) is 2.21. The van der Waals surface area contributed by atoms with Gasteiger partial charge in [-0.15, -0.1) is 6.58 Å². The molecule has 4 N–H and O–H groups in total. The van der Waals surface area contributed by atoms with Crippen LogP contribution in [-0.4, -0.2) is 11.5 Å². The summed E-state index contributed by atoms with van der Waals surface area (Å²) >= 11 is 0. The van der Waals surface area contributed by atoms with E-state index in [4.69, 9.17) is 10.2 Å². The van der Waals surface area contributed by atoms with Gasteiger partial charge in [-0.05, 0) is 6.07 Å². The normalized spacial score (nSPS) is 10.4. The summed E-state index contributed by atoms with van der Waals surface area (Å²) in [5.41, 5.74) is 8.13. The van der Waals surface area contributed by atoms with Gasteiger partial charge in [0, 0.05) is 12.6 Å². The van der Waals surface area contributed by atoms with Crippen LogP contribution in [-0.2, 0) is 0 Å². The van der Waals surface area contributed by atoms with Gasteiger partial charge in [-0.1, -0.05) is 6.08 Å². The molecular weight excluding hydrogens is 194 g/mol. The number of aromatic amines is 1. The van der Waals surface area contributed by atoms with Gasteiger partial charge in [0.05, 0.1) is 16.9 Å². The number of H-pyrrole nitrogens is 1. The van der Waals surface area contributed by atoms with E-state index in [0.29, 0.717) is 23.3 Å². The number of rotatable bonds is 3. The first-order chi connectivity index (χ1) is 7.20. The van der Waals surface area contributed by atoms with Crippen molar-refractivity contribution < 1.29 is 4.42 Å². The largest absolute Gasteiger partial charge is 0.417 e. The SMILES string of the molecule is C=CCNc1cc2[nH]c(=O)oc2cc1N. The lowest BCUT2D eigenvalue weighted by atomic mass is 10.2. The summed E-state index contributed by atoms with van der Waals surface area (Å²) in [5, 5.41) is 3.06. The lowest BCUT2D eigenvalue weighted by Gasteiger charge is -2.06. The van der Waals surface area contributed by atoms with Crippen LogP contribution in [0.15, 0.2) is 34.0 Å². The Morgan fingerprint density at radius 1 is 1.60 bits per heavy atom. The smallest absolute Gasteiger partial charge is 0.408 e. The van der Waals surface area contributed by atoms with Crippen LogP contribution in [0.2, 0.25) is 0 Å². The van der Waals surface area contributed by atoms with E-state index < -0.39 is 5.76 Å². The maximum atomic E-state index is 10.9. The molecule has 2 rings (SSSR count). The summed E-state index contributed by atoms with van der Waals surface area (Å²) in [5.74, 6) is -0.481. The summed E-state index contributed by atoms with van der Waals surface area (Å²) in [6, 6.07) is 3.34. The Labute approximate surface area is 85.6 Å². The molecule has 0 aliphatic rings. The number of nitrogen functional groups attached to an aromatic ring is 1.